The zero-order valence-electron chi connectivity index (χ0n) is 9.72. The van der Waals surface area contributed by atoms with Crippen LogP contribution in [0.4, 0.5) is 11.5 Å². The van der Waals surface area contributed by atoms with E-state index in [-0.39, 0.29) is 6.61 Å². The molecule has 0 atom stereocenters. The van der Waals surface area contributed by atoms with Gasteiger partial charge in [0.1, 0.15) is 5.82 Å². The van der Waals surface area contributed by atoms with Gasteiger partial charge in [-0.05, 0) is 30.5 Å². The van der Waals surface area contributed by atoms with E-state index in [2.05, 4.69) is 31.2 Å². The number of aliphatic hydroxyl groups is 1. The fraction of sp³-hybridized carbons (Fsp3) is 0.167. The van der Waals surface area contributed by atoms with Gasteiger partial charge in [0.2, 0.25) is 0 Å². The molecule has 2 aromatic rings. The van der Waals surface area contributed by atoms with Crippen molar-refractivity contribution in [3.8, 4) is 0 Å². The molecular formula is C12H12BrN3OS. The second-order valence-corrected chi connectivity index (χ2v) is 5.21. The zero-order valence-corrected chi connectivity index (χ0v) is 12.1. The van der Waals surface area contributed by atoms with Crippen molar-refractivity contribution >= 4 is 39.2 Å². The third-order valence-corrected chi connectivity index (χ3v) is 3.39. The second-order valence-electron chi connectivity index (χ2n) is 3.52. The molecule has 94 valence electrons. The van der Waals surface area contributed by atoms with Gasteiger partial charge in [-0.2, -0.15) is 0 Å². The monoisotopic (exact) mass is 325 g/mol. The SMILES string of the molecule is CSc1ncc(CO)c(Nc2ccc(Br)cc2)n1. The Balaban J connectivity index is 2.29. The summed E-state index contributed by atoms with van der Waals surface area (Å²) in [6.07, 6.45) is 3.55. The quantitative estimate of drug-likeness (QED) is 0.667. The van der Waals surface area contributed by atoms with Gasteiger partial charge in [-0.15, -0.1) is 0 Å². The molecule has 0 aliphatic carbocycles. The Labute approximate surface area is 118 Å². The molecule has 1 aromatic carbocycles. The van der Waals surface area contributed by atoms with E-state index in [1.807, 2.05) is 30.5 Å². The van der Waals surface area contributed by atoms with Gasteiger partial charge < -0.3 is 10.4 Å². The maximum absolute atomic E-state index is 9.27. The van der Waals surface area contributed by atoms with Gasteiger partial charge in [0.25, 0.3) is 0 Å². The second kappa shape index (κ2) is 6.17. The minimum Gasteiger partial charge on any atom is -0.391 e. The molecule has 0 spiro atoms. The lowest BCUT2D eigenvalue weighted by Crippen LogP contribution is -2.01. The molecule has 0 saturated heterocycles. The van der Waals surface area contributed by atoms with Crippen molar-refractivity contribution in [2.24, 2.45) is 0 Å². The summed E-state index contributed by atoms with van der Waals surface area (Å²) < 4.78 is 1.02. The highest BCUT2D eigenvalue weighted by Gasteiger charge is 2.06. The minimum atomic E-state index is -0.0898. The lowest BCUT2D eigenvalue weighted by molar-refractivity contribution is 0.281. The van der Waals surface area contributed by atoms with E-state index in [1.54, 1.807) is 6.20 Å². The van der Waals surface area contributed by atoms with E-state index in [1.165, 1.54) is 11.8 Å². The molecule has 0 aliphatic rings. The van der Waals surface area contributed by atoms with Gasteiger partial charge in [-0.25, -0.2) is 9.97 Å². The highest BCUT2D eigenvalue weighted by atomic mass is 79.9. The van der Waals surface area contributed by atoms with Gasteiger partial charge in [0.15, 0.2) is 5.16 Å². The van der Waals surface area contributed by atoms with Gasteiger partial charge in [-0.1, -0.05) is 27.7 Å². The average Bonchev–Trinajstić information content (AvgIpc) is 2.41. The minimum absolute atomic E-state index is 0.0898. The van der Waals surface area contributed by atoms with E-state index < -0.39 is 0 Å². The molecule has 18 heavy (non-hydrogen) atoms. The molecule has 1 aromatic heterocycles. The molecule has 6 heteroatoms. The number of nitrogens with zero attached hydrogens (tertiary/aromatic N) is 2. The molecule has 0 fully saturated rings. The molecule has 0 unspecified atom stereocenters. The van der Waals surface area contributed by atoms with Crippen LogP contribution in [0, 0.1) is 0 Å². The van der Waals surface area contributed by atoms with Crippen LogP contribution in [0.1, 0.15) is 5.56 Å². The Morgan fingerprint density at radius 1 is 1.33 bits per heavy atom. The third kappa shape index (κ3) is 3.22. The largest absolute Gasteiger partial charge is 0.391 e. The van der Waals surface area contributed by atoms with Crippen LogP contribution in [0.25, 0.3) is 0 Å². The summed E-state index contributed by atoms with van der Waals surface area (Å²) in [4.78, 5) is 8.48. The lowest BCUT2D eigenvalue weighted by Gasteiger charge is -2.10. The number of thioether (sulfide) groups is 1. The van der Waals surface area contributed by atoms with Crippen LogP contribution in [-0.2, 0) is 6.61 Å². The molecule has 0 saturated carbocycles. The average molecular weight is 326 g/mol. The summed E-state index contributed by atoms with van der Waals surface area (Å²) in [5, 5.41) is 13.1. The summed E-state index contributed by atoms with van der Waals surface area (Å²) in [6.45, 7) is -0.0898. The molecule has 2 rings (SSSR count). The molecule has 2 N–H and O–H groups in total. The summed E-state index contributed by atoms with van der Waals surface area (Å²) >= 11 is 4.85. The Kier molecular flexibility index (Phi) is 4.57. The van der Waals surface area contributed by atoms with Crippen LogP contribution in [0.5, 0.6) is 0 Å². The number of aromatic nitrogens is 2. The number of benzene rings is 1. The standard InChI is InChI=1S/C12H12BrN3OS/c1-18-12-14-6-8(7-17)11(16-12)15-10-4-2-9(13)3-5-10/h2-6,17H,7H2,1H3,(H,14,15,16). The zero-order chi connectivity index (χ0) is 13.0. The first kappa shape index (κ1) is 13.3. The van der Waals surface area contributed by atoms with E-state index in [9.17, 15) is 5.11 Å². The van der Waals surface area contributed by atoms with Crippen LogP contribution in [0.3, 0.4) is 0 Å². The van der Waals surface area contributed by atoms with Crippen molar-refractivity contribution in [1.82, 2.24) is 9.97 Å². The third-order valence-electron chi connectivity index (χ3n) is 2.30. The van der Waals surface area contributed by atoms with Crippen molar-refractivity contribution < 1.29 is 5.11 Å². The fourth-order valence-corrected chi connectivity index (χ4v) is 1.99. The number of rotatable bonds is 4. The summed E-state index contributed by atoms with van der Waals surface area (Å²) in [5.41, 5.74) is 1.59. The van der Waals surface area contributed by atoms with Gasteiger partial charge in [0.05, 0.1) is 6.61 Å². The maximum atomic E-state index is 9.27. The van der Waals surface area contributed by atoms with Gasteiger partial charge in [0, 0.05) is 21.9 Å². The van der Waals surface area contributed by atoms with Crippen LogP contribution in [-0.4, -0.2) is 21.3 Å². The lowest BCUT2D eigenvalue weighted by atomic mass is 10.3. The van der Waals surface area contributed by atoms with E-state index >= 15 is 0 Å². The predicted molar refractivity (Wildman–Crippen MR) is 77.2 cm³/mol. The summed E-state index contributed by atoms with van der Waals surface area (Å²) in [7, 11) is 0. The van der Waals surface area contributed by atoms with Gasteiger partial charge in [-0.3, -0.25) is 0 Å². The Hall–Kier alpha value is -1.11. The van der Waals surface area contributed by atoms with Crippen molar-refractivity contribution in [2.75, 3.05) is 11.6 Å². The van der Waals surface area contributed by atoms with Crippen molar-refractivity contribution in [2.45, 2.75) is 11.8 Å². The van der Waals surface area contributed by atoms with Crippen LogP contribution >= 0.6 is 27.7 Å². The van der Waals surface area contributed by atoms with Crippen molar-refractivity contribution in [3.05, 3.63) is 40.5 Å². The highest BCUT2D eigenvalue weighted by molar-refractivity contribution is 9.10. The number of halogens is 1. The first-order valence-corrected chi connectivity index (χ1v) is 7.28. The van der Waals surface area contributed by atoms with E-state index in [0.29, 0.717) is 16.5 Å². The first-order chi connectivity index (χ1) is 8.72. The molecule has 0 bridgehead atoms. The number of hydrogen-bond donors (Lipinski definition) is 2. The number of aliphatic hydroxyl groups excluding tert-OH is 1. The van der Waals surface area contributed by atoms with E-state index in [0.717, 1.165) is 10.2 Å². The number of hydrogen-bond acceptors (Lipinski definition) is 5. The summed E-state index contributed by atoms with van der Waals surface area (Å²) in [6, 6.07) is 7.76. The molecule has 4 nitrogen and oxygen atoms in total. The topological polar surface area (TPSA) is 58.0 Å². The van der Waals surface area contributed by atoms with Crippen molar-refractivity contribution in [3.63, 3.8) is 0 Å². The normalized spacial score (nSPS) is 10.4. The van der Waals surface area contributed by atoms with Gasteiger partial charge >= 0.3 is 0 Å². The van der Waals surface area contributed by atoms with E-state index in [4.69, 9.17) is 0 Å². The molecule has 1 heterocycles. The van der Waals surface area contributed by atoms with Crippen LogP contribution < -0.4 is 5.32 Å². The molecular weight excluding hydrogens is 314 g/mol. The fourth-order valence-electron chi connectivity index (χ4n) is 1.38. The Morgan fingerprint density at radius 2 is 2.06 bits per heavy atom. The number of anilines is 2. The molecule has 0 radical (unpaired) electrons. The first-order valence-electron chi connectivity index (χ1n) is 5.26. The Morgan fingerprint density at radius 3 is 2.67 bits per heavy atom. The number of nitrogens with one attached hydrogen (secondary N) is 1. The summed E-state index contributed by atoms with van der Waals surface area (Å²) in [5.74, 6) is 0.638. The smallest absolute Gasteiger partial charge is 0.189 e. The van der Waals surface area contributed by atoms with Crippen LogP contribution in [0.2, 0.25) is 0 Å². The highest BCUT2D eigenvalue weighted by Crippen LogP contribution is 2.22. The van der Waals surface area contributed by atoms with Crippen LogP contribution in [0.15, 0.2) is 40.1 Å². The van der Waals surface area contributed by atoms with Crippen molar-refractivity contribution in [1.29, 1.82) is 0 Å². The Bertz CT molecular complexity index is 533. The maximum Gasteiger partial charge on any atom is 0.189 e. The molecule has 0 aliphatic heterocycles. The molecule has 0 amide bonds. The predicted octanol–water partition coefficient (Wildman–Crippen LogP) is 3.20.